The summed E-state index contributed by atoms with van der Waals surface area (Å²) >= 11 is 6.08. The third-order valence-electron chi connectivity index (χ3n) is 4.12. The quantitative estimate of drug-likeness (QED) is 0.397. The Morgan fingerprint density at radius 2 is 1.74 bits per heavy atom. The Labute approximate surface area is 182 Å². The van der Waals surface area contributed by atoms with E-state index in [0.717, 1.165) is 6.33 Å². The van der Waals surface area contributed by atoms with Crippen molar-refractivity contribution in [2.45, 2.75) is 6.92 Å². The number of hydrogen-bond donors (Lipinski definition) is 2. The maximum absolute atomic E-state index is 15.0. The molecule has 3 aromatic rings. The van der Waals surface area contributed by atoms with Gasteiger partial charge in [0, 0.05) is 22.3 Å². The van der Waals surface area contributed by atoms with Gasteiger partial charge >= 0.3 is 0 Å². The fourth-order valence-corrected chi connectivity index (χ4v) is 2.73. The highest BCUT2D eigenvalue weighted by molar-refractivity contribution is 6.31. The molecule has 3 rings (SSSR count). The molecular formula is C21H18ClFN4O4. The van der Waals surface area contributed by atoms with Crippen LogP contribution in [0.3, 0.4) is 0 Å². The van der Waals surface area contributed by atoms with E-state index < -0.39 is 17.6 Å². The summed E-state index contributed by atoms with van der Waals surface area (Å²) in [7, 11) is 1.37. The van der Waals surface area contributed by atoms with Crippen LogP contribution >= 0.6 is 11.6 Å². The van der Waals surface area contributed by atoms with Crippen molar-refractivity contribution in [2.24, 2.45) is 5.73 Å². The Hall–Kier alpha value is -3.69. The SMILES string of the molecule is CONC=C(C(N)=O)c1ccccc1Oc1ncnc(Oc2cccc(Cl)c2C)c1F. The number of nitrogens with zero attached hydrogens (tertiary/aromatic N) is 2. The van der Waals surface area contributed by atoms with Crippen molar-refractivity contribution in [2.75, 3.05) is 7.11 Å². The topological polar surface area (TPSA) is 109 Å². The summed E-state index contributed by atoms with van der Waals surface area (Å²) in [5.41, 5.74) is 8.85. The zero-order valence-corrected chi connectivity index (χ0v) is 17.3. The average molecular weight is 445 g/mol. The molecule has 0 aliphatic carbocycles. The standard InChI is InChI=1S/C21H18ClFN4O4/c1-12-15(22)7-5-9-16(12)30-20-18(23)21(26-11-25-20)31-17-8-4-3-6-13(17)14(19(24)28)10-27-29-2/h3-11,27H,1-2H3,(H2,24,28). The van der Waals surface area contributed by atoms with Gasteiger partial charge in [-0.15, -0.1) is 0 Å². The molecule has 0 aliphatic rings. The van der Waals surface area contributed by atoms with Crippen LogP contribution in [0, 0.1) is 12.7 Å². The summed E-state index contributed by atoms with van der Waals surface area (Å²) in [5.74, 6) is -1.96. The number of carbonyl (C=O) groups excluding carboxylic acids is 1. The van der Waals surface area contributed by atoms with Crippen LogP contribution in [-0.2, 0) is 9.63 Å². The minimum atomic E-state index is -0.934. The Morgan fingerprint density at radius 1 is 1.10 bits per heavy atom. The fourth-order valence-electron chi connectivity index (χ4n) is 2.57. The van der Waals surface area contributed by atoms with E-state index in [1.807, 2.05) is 0 Å². The molecule has 2 aromatic carbocycles. The zero-order valence-electron chi connectivity index (χ0n) is 16.6. The summed E-state index contributed by atoms with van der Waals surface area (Å²) in [6.07, 6.45) is 2.35. The first-order valence-electron chi connectivity index (χ1n) is 8.91. The minimum absolute atomic E-state index is 0.0536. The Balaban J connectivity index is 1.95. The van der Waals surface area contributed by atoms with E-state index in [9.17, 15) is 4.79 Å². The number of aromatic nitrogens is 2. The van der Waals surface area contributed by atoms with Crippen LogP contribution in [0.5, 0.6) is 23.3 Å². The Morgan fingerprint density at radius 3 is 2.42 bits per heavy atom. The first kappa shape index (κ1) is 22.0. The summed E-state index contributed by atoms with van der Waals surface area (Å²) in [6.45, 7) is 1.73. The van der Waals surface area contributed by atoms with E-state index in [4.69, 9.17) is 31.6 Å². The third kappa shape index (κ3) is 5.08. The highest BCUT2D eigenvalue weighted by Crippen LogP contribution is 2.34. The maximum Gasteiger partial charge on any atom is 0.263 e. The van der Waals surface area contributed by atoms with Gasteiger partial charge in [-0.05, 0) is 25.1 Å². The Bertz CT molecular complexity index is 1140. The van der Waals surface area contributed by atoms with Crippen LogP contribution < -0.4 is 20.7 Å². The van der Waals surface area contributed by atoms with Crippen LogP contribution in [0.25, 0.3) is 5.57 Å². The minimum Gasteiger partial charge on any atom is -0.436 e. The second kappa shape index (κ2) is 9.88. The predicted octanol–water partition coefficient (Wildman–Crippen LogP) is 4.14. The highest BCUT2D eigenvalue weighted by atomic mass is 35.5. The molecule has 0 fully saturated rings. The molecule has 0 radical (unpaired) electrons. The molecule has 0 saturated heterocycles. The average Bonchev–Trinajstić information content (AvgIpc) is 2.75. The number of amides is 1. The third-order valence-corrected chi connectivity index (χ3v) is 4.53. The van der Waals surface area contributed by atoms with Crippen molar-refractivity contribution in [3.8, 4) is 23.3 Å². The van der Waals surface area contributed by atoms with Gasteiger partial charge in [0.2, 0.25) is 5.82 Å². The van der Waals surface area contributed by atoms with Crippen LogP contribution in [-0.4, -0.2) is 23.0 Å². The molecule has 8 nitrogen and oxygen atoms in total. The smallest absolute Gasteiger partial charge is 0.263 e. The molecule has 0 unspecified atom stereocenters. The number of carbonyl (C=O) groups is 1. The monoisotopic (exact) mass is 444 g/mol. The van der Waals surface area contributed by atoms with E-state index in [2.05, 4.69) is 15.4 Å². The number of nitrogens with one attached hydrogen (secondary N) is 1. The maximum atomic E-state index is 15.0. The van der Waals surface area contributed by atoms with Gasteiger partial charge in [-0.2, -0.15) is 14.4 Å². The normalized spacial score (nSPS) is 11.2. The van der Waals surface area contributed by atoms with Gasteiger partial charge in [0.15, 0.2) is 0 Å². The number of rotatable bonds is 8. The van der Waals surface area contributed by atoms with Crippen molar-refractivity contribution < 1.29 is 23.5 Å². The number of hydrogen-bond acceptors (Lipinski definition) is 7. The fraction of sp³-hybridized carbons (Fsp3) is 0.0952. The van der Waals surface area contributed by atoms with E-state index in [1.165, 1.54) is 19.4 Å². The molecule has 10 heteroatoms. The van der Waals surface area contributed by atoms with Gasteiger partial charge in [-0.3, -0.25) is 15.1 Å². The molecule has 0 atom stereocenters. The van der Waals surface area contributed by atoms with Crippen molar-refractivity contribution >= 4 is 23.1 Å². The number of ether oxygens (including phenoxy) is 2. The summed E-state index contributed by atoms with van der Waals surface area (Å²) in [6, 6.07) is 11.4. The first-order chi connectivity index (χ1) is 14.9. The van der Waals surface area contributed by atoms with Gasteiger partial charge in [0.1, 0.15) is 17.8 Å². The molecule has 1 aromatic heterocycles. The highest BCUT2D eigenvalue weighted by Gasteiger charge is 2.20. The van der Waals surface area contributed by atoms with Crippen molar-refractivity contribution in [1.29, 1.82) is 0 Å². The van der Waals surface area contributed by atoms with Gasteiger partial charge in [-0.1, -0.05) is 35.9 Å². The molecule has 0 spiro atoms. The lowest BCUT2D eigenvalue weighted by atomic mass is 10.1. The van der Waals surface area contributed by atoms with E-state index in [0.29, 0.717) is 21.9 Å². The molecule has 1 amide bonds. The lowest BCUT2D eigenvalue weighted by Crippen LogP contribution is -2.16. The molecule has 0 saturated carbocycles. The number of hydroxylamine groups is 1. The second-order valence-corrected chi connectivity index (χ2v) is 6.51. The summed E-state index contributed by atoms with van der Waals surface area (Å²) < 4.78 is 26.2. The largest absolute Gasteiger partial charge is 0.436 e. The second-order valence-electron chi connectivity index (χ2n) is 6.11. The number of halogens is 2. The van der Waals surface area contributed by atoms with Crippen molar-refractivity contribution in [3.63, 3.8) is 0 Å². The molecule has 160 valence electrons. The lowest BCUT2D eigenvalue weighted by molar-refractivity contribution is -0.112. The summed E-state index contributed by atoms with van der Waals surface area (Å²) in [5, 5.41) is 0.466. The lowest BCUT2D eigenvalue weighted by Gasteiger charge is -2.13. The summed E-state index contributed by atoms with van der Waals surface area (Å²) in [4.78, 5) is 24.3. The molecule has 3 N–H and O–H groups in total. The zero-order chi connectivity index (χ0) is 22.4. The molecule has 1 heterocycles. The van der Waals surface area contributed by atoms with Crippen LogP contribution in [0.2, 0.25) is 5.02 Å². The van der Waals surface area contributed by atoms with Gasteiger partial charge in [0.25, 0.3) is 17.7 Å². The number of primary amides is 1. The Kier molecular flexibility index (Phi) is 7.01. The van der Waals surface area contributed by atoms with Gasteiger partial charge < -0.3 is 15.2 Å². The van der Waals surface area contributed by atoms with Gasteiger partial charge in [-0.25, -0.2) is 0 Å². The molecule has 31 heavy (non-hydrogen) atoms. The number of benzene rings is 2. The van der Waals surface area contributed by atoms with Crippen LogP contribution in [0.15, 0.2) is 55.0 Å². The van der Waals surface area contributed by atoms with E-state index in [-0.39, 0.29) is 17.2 Å². The molecule has 0 aliphatic heterocycles. The van der Waals surface area contributed by atoms with Crippen LogP contribution in [0.1, 0.15) is 11.1 Å². The van der Waals surface area contributed by atoms with Crippen molar-refractivity contribution in [3.05, 3.63) is 77.0 Å². The molecule has 0 bridgehead atoms. The van der Waals surface area contributed by atoms with Crippen LogP contribution in [0.4, 0.5) is 4.39 Å². The van der Waals surface area contributed by atoms with E-state index in [1.54, 1.807) is 43.3 Å². The molecular weight excluding hydrogens is 427 g/mol. The van der Waals surface area contributed by atoms with Crippen molar-refractivity contribution in [1.82, 2.24) is 15.4 Å². The number of nitrogens with two attached hydrogens (primary N) is 1. The predicted molar refractivity (Wildman–Crippen MR) is 112 cm³/mol. The van der Waals surface area contributed by atoms with E-state index >= 15 is 4.39 Å². The first-order valence-corrected chi connectivity index (χ1v) is 9.29. The van der Waals surface area contributed by atoms with Gasteiger partial charge in [0.05, 0.1) is 12.7 Å². The number of para-hydroxylation sites is 1.